The topological polar surface area (TPSA) is 70.8 Å². The number of hydrogen-bond acceptors (Lipinski definition) is 4. The lowest BCUT2D eigenvalue weighted by Gasteiger charge is -2.33. The molecule has 1 amide bonds. The van der Waals surface area contributed by atoms with Crippen molar-refractivity contribution in [2.75, 3.05) is 32.4 Å². The van der Waals surface area contributed by atoms with Gasteiger partial charge < -0.3 is 9.32 Å². The first kappa shape index (κ1) is 14.1. The minimum absolute atomic E-state index is 0.0459. The maximum atomic E-state index is 12.0. The van der Waals surface area contributed by atoms with Crippen LogP contribution in [0.3, 0.4) is 0 Å². The third-order valence-electron chi connectivity index (χ3n) is 3.23. The largest absolute Gasteiger partial charge is 0.469 e. The maximum absolute atomic E-state index is 12.0. The van der Waals surface area contributed by atoms with Crippen molar-refractivity contribution in [2.24, 2.45) is 0 Å². The van der Waals surface area contributed by atoms with Crippen molar-refractivity contribution in [1.82, 2.24) is 9.21 Å². The zero-order valence-corrected chi connectivity index (χ0v) is 11.7. The molecule has 0 unspecified atom stereocenters. The number of carbonyl (C=O) groups excluding carboxylic acids is 1. The van der Waals surface area contributed by atoms with E-state index in [0.717, 1.165) is 5.76 Å². The van der Waals surface area contributed by atoms with E-state index in [2.05, 4.69) is 0 Å². The van der Waals surface area contributed by atoms with Gasteiger partial charge in [-0.3, -0.25) is 4.79 Å². The van der Waals surface area contributed by atoms with Crippen LogP contribution < -0.4 is 0 Å². The van der Waals surface area contributed by atoms with Gasteiger partial charge in [0.15, 0.2) is 0 Å². The maximum Gasteiger partial charge on any atom is 0.223 e. The number of nitrogens with zero attached hydrogens (tertiary/aromatic N) is 2. The summed E-state index contributed by atoms with van der Waals surface area (Å²) in [4.78, 5) is 13.7. The van der Waals surface area contributed by atoms with Gasteiger partial charge in [0.05, 0.1) is 12.5 Å². The quantitative estimate of drug-likeness (QED) is 0.799. The zero-order chi connectivity index (χ0) is 13.9. The highest BCUT2D eigenvalue weighted by Crippen LogP contribution is 2.10. The lowest BCUT2D eigenvalue weighted by molar-refractivity contribution is -0.132. The molecule has 1 aromatic rings. The smallest absolute Gasteiger partial charge is 0.223 e. The Labute approximate surface area is 113 Å². The van der Waals surface area contributed by atoms with Crippen LogP contribution in [0, 0.1) is 0 Å². The molecule has 0 radical (unpaired) electrons. The van der Waals surface area contributed by atoms with Crippen molar-refractivity contribution < 1.29 is 17.6 Å². The summed E-state index contributed by atoms with van der Waals surface area (Å²) in [6, 6.07) is 3.64. The van der Waals surface area contributed by atoms with Crippen molar-refractivity contribution in [2.45, 2.75) is 12.8 Å². The Balaban J connectivity index is 1.79. The van der Waals surface area contributed by atoms with Crippen molar-refractivity contribution >= 4 is 15.9 Å². The third-order valence-corrected chi connectivity index (χ3v) is 4.53. The van der Waals surface area contributed by atoms with Crippen LogP contribution in [-0.2, 0) is 21.2 Å². The van der Waals surface area contributed by atoms with Gasteiger partial charge >= 0.3 is 0 Å². The lowest BCUT2D eigenvalue weighted by atomic mass is 10.2. The van der Waals surface area contributed by atoms with Crippen LogP contribution in [0.25, 0.3) is 0 Å². The molecule has 106 valence electrons. The highest BCUT2D eigenvalue weighted by molar-refractivity contribution is 7.88. The molecule has 0 aliphatic carbocycles. The predicted octanol–water partition coefficient (Wildman–Crippen LogP) is 0.316. The second-order valence-electron chi connectivity index (χ2n) is 4.62. The highest BCUT2D eigenvalue weighted by Gasteiger charge is 2.25. The molecule has 19 heavy (non-hydrogen) atoms. The molecule has 2 heterocycles. The molecule has 1 saturated heterocycles. The summed E-state index contributed by atoms with van der Waals surface area (Å²) >= 11 is 0. The number of rotatable bonds is 4. The summed E-state index contributed by atoms with van der Waals surface area (Å²) in [5.74, 6) is 0.840. The average molecular weight is 286 g/mol. The van der Waals surface area contributed by atoms with Crippen LogP contribution >= 0.6 is 0 Å². The number of amides is 1. The molecule has 0 aromatic carbocycles. The molecule has 1 aliphatic rings. The van der Waals surface area contributed by atoms with E-state index in [1.54, 1.807) is 17.2 Å². The summed E-state index contributed by atoms with van der Waals surface area (Å²) in [5.41, 5.74) is 0. The molecule has 1 aliphatic heterocycles. The number of hydrogen-bond donors (Lipinski definition) is 0. The van der Waals surface area contributed by atoms with Crippen LogP contribution in [-0.4, -0.2) is 56.0 Å². The molecular weight excluding hydrogens is 268 g/mol. The van der Waals surface area contributed by atoms with E-state index in [-0.39, 0.29) is 5.91 Å². The molecule has 0 bridgehead atoms. The zero-order valence-electron chi connectivity index (χ0n) is 10.9. The van der Waals surface area contributed by atoms with Crippen LogP contribution in [0.2, 0.25) is 0 Å². The molecular formula is C12H18N2O4S. The summed E-state index contributed by atoms with van der Waals surface area (Å²) in [6.45, 7) is 1.69. The fraction of sp³-hybridized carbons (Fsp3) is 0.583. The van der Waals surface area contributed by atoms with Crippen LogP contribution in [0.1, 0.15) is 12.2 Å². The molecule has 0 spiro atoms. The van der Waals surface area contributed by atoms with E-state index in [1.165, 1.54) is 10.6 Å². The first-order chi connectivity index (χ1) is 8.97. The Morgan fingerprint density at radius 2 is 2.00 bits per heavy atom. The monoisotopic (exact) mass is 286 g/mol. The average Bonchev–Trinajstić information content (AvgIpc) is 2.88. The highest BCUT2D eigenvalue weighted by atomic mass is 32.2. The first-order valence-electron chi connectivity index (χ1n) is 6.22. The third kappa shape index (κ3) is 3.81. The summed E-state index contributed by atoms with van der Waals surface area (Å²) in [6.07, 6.45) is 3.76. The molecule has 0 N–H and O–H groups in total. The van der Waals surface area contributed by atoms with Gasteiger partial charge in [0.2, 0.25) is 15.9 Å². The number of furan rings is 1. The standard InChI is InChI=1S/C12H18N2O4S/c1-19(16,17)14-8-6-13(7-9-14)12(15)5-4-11-3-2-10-18-11/h2-3,10H,4-9H2,1H3. The Morgan fingerprint density at radius 3 is 2.53 bits per heavy atom. The molecule has 6 nitrogen and oxygen atoms in total. The second-order valence-corrected chi connectivity index (χ2v) is 6.60. The van der Waals surface area contributed by atoms with E-state index in [1.807, 2.05) is 6.07 Å². The van der Waals surface area contributed by atoms with Crippen molar-refractivity contribution in [3.63, 3.8) is 0 Å². The van der Waals surface area contributed by atoms with E-state index in [0.29, 0.717) is 39.0 Å². The fourth-order valence-electron chi connectivity index (χ4n) is 2.11. The molecule has 1 aromatic heterocycles. The van der Waals surface area contributed by atoms with Gasteiger partial charge in [-0.25, -0.2) is 8.42 Å². The first-order valence-corrected chi connectivity index (χ1v) is 8.07. The number of sulfonamides is 1. The molecule has 2 rings (SSSR count). The van der Waals surface area contributed by atoms with Gasteiger partial charge in [0.1, 0.15) is 5.76 Å². The van der Waals surface area contributed by atoms with Crippen molar-refractivity contribution in [1.29, 1.82) is 0 Å². The van der Waals surface area contributed by atoms with Crippen molar-refractivity contribution in [3.8, 4) is 0 Å². The number of piperazine rings is 1. The summed E-state index contributed by atoms with van der Waals surface area (Å²) in [5, 5.41) is 0. The minimum atomic E-state index is -3.14. The van der Waals surface area contributed by atoms with Gasteiger partial charge in [0, 0.05) is 39.0 Å². The van der Waals surface area contributed by atoms with Gasteiger partial charge in [-0.2, -0.15) is 4.31 Å². The normalized spacial score (nSPS) is 17.6. The second kappa shape index (κ2) is 5.75. The van der Waals surface area contributed by atoms with E-state index in [9.17, 15) is 13.2 Å². The Bertz CT molecular complexity index is 516. The molecule has 7 heteroatoms. The van der Waals surface area contributed by atoms with E-state index < -0.39 is 10.0 Å². The molecule has 0 saturated carbocycles. The van der Waals surface area contributed by atoms with E-state index >= 15 is 0 Å². The molecule has 0 atom stereocenters. The van der Waals surface area contributed by atoms with Crippen LogP contribution in [0.5, 0.6) is 0 Å². The lowest BCUT2D eigenvalue weighted by Crippen LogP contribution is -2.50. The summed E-state index contributed by atoms with van der Waals surface area (Å²) < 4.78 is 29.3. The SMILES string of the molecule is CS(=O)(=O)N1CCN(C(=O)CCc2ccco2)CC1. The molecule has 1 fully saturated rings. The summed E-state index contributed by atoms with van der Waals surface area (Å²) in [7, 11) is -3.14. The van der Waals surface area contributed by atoms with Crippen molar-refractivity contribution in [3.05, 3.63) is 24.2 Å². The van der Waals surface area contributed by atoms with Gasteiger partial charge in [-0.1, -0.05) is 0 Å². The minimum Gasteiger partial charge on any atom is -0.469 e. The number of aryl methyl sites for hydroxylation is 1. The fourth-order valence-corrected chi connectivity index (χ4v) is 2.94. The predicted molar refractivity (Wildman–Crippen MR) is 70.0 cm³/mol. The Hall–Kier alpha value is -1.34. The van der Waals surface area contributed by atoms with Gasteiger partial charge in [-0.05, 0) is 12.1 Å². The van der Waals surface area contributed by atoms with Crippen LogP contribution in [0.15, 0.2) is 22.8 Å². The van der Waals surface area contributed by atoms with Crippen LogP contribution in [0.4, 0.5) is 0 Å². The Morgan fingerprint density at radius 1 is 1.32 bits per heavy atom. The van der Waals surface area contributed by atoms with Gasteiger partial charge in [0.25, 0.3) is 0 Å². The van der Waals surface area contributed by atoms with Gasteiger partial charge in [-0.15, -0.1) is 0 Å². The van der Waals surface area contributed by atoms with E-state index in [4.69, 9.17) is 4.42 Å². The number of carbonyl (C=O) groups is 1. The Kier molecular flexibility index (Phi) is 4.26.